The van der Waals surface area contributed by atoms with Crippen molar-refractivity contribution in [3.05, 3.63) is 0 Å². The molecule has 6 nitrogen and oxygen atoms in total. The van der Waals surface area contributed by atoms with Crippen molar-refractivity contribution in [3.63, 3.8) is 0 Å². The fourth-order valence-electron chi connectivity index (χ4n) is 0. The molecule has 0 heterocycles. The van der Waals surface area contributed by atoms with Crippen LogP contribution in [-0.2, 0) is 33.6 Å². The Labute approximate surface area is 70.8 Å². The van der Waals surface area contributed by atoms with Crippen molar-refractivity contribution in [2.24, 2.45) is 0 Å². The second kappa shape index (κ2) is 597. The first-order chi connectivity index (χ1) is 0. The van der Waals surface area contributed by atoms with Gasteiger partial charge in [-0.3, -0.25) is 0 Å². The zero-order valence-electron chi connectivity index (χ0n) is 3.35. The van der Waals surface area contributed by atoms with E-state index in [2.05, 4.69) is 0 Å². The topological polar surface area (TPSA) is 183 Å². The zero-order chi connectivity index (χ0) is 0. The van der Waals surface area contributed by atoms with Crippen molar-refractivity contribution in [3.8, 4) is 0 Å². The Bertz CT molecular complexity index is 6.49. The van der Waals surface area contributed by atoms with Crippen LogP contribution >= 0.6 is 0 Å². The molecule has 0 atom stereocenters. The second-order valence-electron chi connectivity index (χ2n) is 0. The molecule has 0 aromatic heterocycles. The van der Waals surface area contributed by atoms with E-state index in [1.165, 1.54) is 0 Å². The molecule has 0 aliphatic heterocycles. The van der Waals surface area contributed by atoms with Crippen LogP contribution in [-0.4, -0.2) is 0 Å². The Morgan fingerprint density at radius 1 is 0.250 bits per heavy atom. The summed E-state index contributed by atoms with van der Waals surface area (Å²) in [4.78, 5) is 0. The van der Waals surface area contributed by atoms with Crippen molar-refractivity contribution in [1.29, 1.82) is 0 Å². The van der Waals surface area contributed by atoms with Crippen LogP contribution < -0.4 is 36.9 Å². The summed E-state index contributed by atoms with van der Waals surface area (Å²) in [6.45, 7) is 0. The van der Waals surface area contributed by atoms with E-state index < -0.39 is 0 Å². The maximum atomic E-state index is 0. The minimum Gasteiger partial charge on any atom is 0 e. The number of rotatable bonds is 0. The van der Waals surface area contributed by atoms with Gasteiger partial charge in [-0.2, -0.15) is 0 Å². The number of nitrogens with zero attached hydrogens (tertiary/aromatic N) is 6. The van der Waals surface area contributed by atoms with Gasteiger partial charge in [-0.1, -0.05) is 0 Å². The fraction of sp³-hybridized carbons (Fsp3) is 0. The van der Waals surface area contributed by atoms with E-state index in [1.54, 1.807) is 0 Å². The first kappa shape index (κ1) is 887. The molecule has 0 aromatic carbocycles. The minimum absolute atomic E-state index is 0. The molecule has 0 saturated carbocycles. The molecule has 0 rings (SSSR count). The van der Waals surface area contributed by atoms with Crippen LogP contribution in [0.25, 0.3) is 0 Å². The van der Waals surface area contributed by atoms with Gasteiger partial charge in [-0.05, 0) is 0 Å². The van der Waals surface area contributed by atoms with Gasteiger partial charge in [0.1, 0.15) is 0 Å². The van der Waals surface area contributed by atoms with Gasteiger partial charge in [-0.25, -0.2) is 0 Å². The Balaban J connectivity index is 0. The van der Waals surface area contributed by atoms with Crippen LogP contribution in [0.3, 0.4) is 0 Å². The molecule has 8 heteroatoms. The average Bonchev–Trinajstić information content (AvgIpc) is 0. The van der Waals surface area contributed by atoms with E-state index >= 15 is 0 Å². The summed E-state index contributed by atoms with van der Waals surface area (Å²) in [6.07, 6.45) is 0. The van der Waals surface area contributed by atoms with Crippen molar-refractivity contribution in [2.45, 2.75) is 0 Å². The molecule has 20 radical (unpaired) electrons. The molecule has 0 aliphatic carbocycles. The Hall–Kier alpha value is 0.773. The van der Waals surface area contributed by atoms with Crippen molar-refractivity contribution in [1.82, 2.24) is 36.9 Å². The first-order valence-electron chi connectivity index (χ1n) is 0. The molecule has 0 amide bonds. The fourth-order valence-corrected chi connectivity index (χ4v) is 0. The van der Waals surface area contributed by atoms with Crippen LogP contribution in [0, 0.1) is 0 Å². The summed E-state index contributed by atoms with van der Waals surface area (Å²) in [7, 11) is 0. The van der Waals surface area contributed by atoms with Crippen molar-refractivity contribution < 1.29 is 33.6 Å². The van der Waals surface area contributed by atoms with Gasteiger partial charge >= 0.3 is 0 Å². The monoisotopic (exact) mass is 202 g/mol. The summed E-state index contributed by atoms with van der Waals surface area (Å²) >= 11 is 0. The Morgan fingerprint density at radius 3 is 0.250 bits per heavy atom. The summed E-state index contributed by atoms with van der Waals surface area (Å²) in [5, 5.41) is 0. The van der Waals surface area contributed by atoms with Gasteiger partial charge in [0.05, 0.1) is 0 Å². The summed E-state index contributed by atoms with van der Waals surface area (Å²) in [5.74, 6) is 0. The van der Waals surface area contributed by atoms with Gasteiger partial charge in [0.15, 0.2) is 0 Å². The molecule has 0 saturated heterocycles. The third-order valence-corrected chi connectivity index (χ3v) is 0. The van der Waals surface area contributed by atoms with E-state index in [-0.39, 0.29) is 70.5 Å². The molecular formula is Co2N6. The van der Waals surface area contributed by atoms with Crippen molar-refractivity contribution >= 4 is 0 Å². The number of hydrogen-bond donors (Lipinski definition) is 0. The molecule has 0 N–H and O–H groups in total. The summed E-state index contributed by atoms with van der Waals surface area (Å²) < 4.78 is 0. The SMILES string of the molecule is [Co].[Co].[N].[N].[N].[N].[N].[N]. The van der Waals surface area contributed by atoms with Crippen molar-refractivity contribution in [2.75, 3.05) is 0 Å². The van der Waals surface area contributed by atoms with E-state index in [0.717, 1.165) is 0 Å². The van der Waals surface area contributed by atoms with E-state index in [1.807, 2.05) is 0 Å². The van der Waals surface area contributed by atoms with Gasteiger partial charge < -0.3 is 0 Å². The smallest absolute Gasteiger partial charge is 0 e. The van der Waals surface area contributed by atoms with Gasteiger partial charge in [0.25, 0.3) is 0 Å². The summed E-state index contributed by atoms with van der Waals surface area (Å²) in [6, 6.07) is 0. The molecule has 0 unspecified atom stereocenters. The third kappa shape index (κ3) is 378. The molecular weight excluding hydrogens is 202 g/mol. The van der Waals surface area contributed by atoms with E-state index in [0.29, 0.717) is 0 Å². The molecule has 0 bridgehead atoms. The summed E-state index contributed by atoms with van der Waals surface area (Å²) in [5.41, 5.74) is 0. The van der Waals surface area contributed by atoms with Crippen LogP contribution in [0.15, 0.2) is 0 Å². The van der Waals surface area contributed by atoms with Gasteiger partial charge in [-0.15, -0.1) is 0 Å². The molecule has 0 aliphatic rings. The van der Waals surface area contributed by atoms with Crippen LogP contribution in [0.1, 0.15) is 0 Å². The minimum atomic E-state index is 0. The standard InChI is InChI=1S/2Co.6N. The largest absolute Gasteiger partial charge is 0 e. The molecule has 0 fully saturated rings. The Kier molecular flexibility index (Phi) is 66200. The maximum absolute atomic E-state index is 0. The van der Waals surface area contributed by atoms with Gasteiger partial charge in [0, 0.05) is 70.5 Å². The van der Waals surface area contributed by atoms with Crippen LogP contribution in [0.2, 0.25) is 0 Å². The zero-order valence-corrected chi connectivity index (χ0v) is 5.43. The predicted octanol–water partition coefficient (Wildman–Crippen LogP) is -2.89. The second-order valence-corrected chi connectivity index (χ2v) is 0. The molecule has 0 spiro atoms. The normalized spacial score (nSPS) is 0. The maximum Gasteiger partial charge on any atom is 0 e. The van der Waals surface area contributed by atoms with Crippen LogP contribution in [0.5, 0.6) is 0 Å². The predicted molar refractivity (Wildman–Crippen MR) is 12.8 cm³/mol. The molecule has 48 valence electrons. The first-order valence-corrected chi connectivity index (χ1v) is 0. The van der Waals surface area contributed by atoms with E-state index in [4.69, 9.17) is 0 Å². The average molecular weight is 202 g/mol. The Morgan fingerprint density at radius 2 is 0.250 bits per heavy atom. The quantitative estimate of drug-likeness (QED) is 0.390. The third-order valence-electron chi connectivity index (χ3n) is 0. The number of hydrogen-bond acceptors (Lipinski definition) is 0. The van der Waals surface area contributed by atoms with Crippen LogP contribution in [0.4, 0.5) is 0 Å². The van der Waals surface area contributed by atoms with E-state index in [9.17, 15) is 0 Å². The van der Waals surface area contributed by atoms with Gasteiger partial charge in [0.2, 0.25) is 0 Å². The molecule has 8 heavy (non-hydrogen) atoms. The molecule has 0 aromatic rings.